The van der Waals surface area contributed by atoms with Crippen molar-refractivity contribution in [3.05, 3.63) is 81.2 Å². The molecule has 0 fully saturated rings. The van der Waals surface area contributed by atoms with Crippen molar-refractivity contribution in [2.24, 2.45) is 0 Å². The maximum atomic E-state index is 12.1. The molecule has 0 saturated heterocycles. The Bertz CT molecular complexity index is 1110. The summed E-state index contributed by atoms with van der Waals surface area (Å²) in [5, 5.41) is 42.7. The van der Waals surface area contributed by atoms with E-state index < -0.39 is 28.4 Å². The number of dihydropyridines is 1. The van der Waals surface area contributed by atoms with Gasteiger partial charge in [-0.25, -0.2) is 14.6 Å². The topological polar surface area (TPSA) is 171 Å². The Morgan fingerprint density at radius 1 is 1.31 bits per heavy atom. The molecule has 1 atom stereocenters. The van der Waals surface area contributed by atoms with E-state index in [4.69, 9.17) is 0 Å². The standard InChI is InChI=1S/C18H13N5O6/c19-7-12-15(17(24)25)14(10-2-1-3-11(6-10)23(28)29)16(18(26)27)13(21-12)8-22-5-4-20-9-22/h1-6,9,14,21H,8H2,(H,24,25)(H,26,27). The minimum absolute atomic E-state index is 0.0227. The van der Waals surface area contributed by atoms with Gasteiger partial charge in [0.1, 0.15) is 11.8 Å². The molecule has 0 bridgehead atoms. The zero-order valence-corrected chi connectivity index (χ0v) is 14.6. The molecule has 1 unspecified atom stereocenters. The summed E-state index contributed by atoms with van der Waals surface area (Å²) < 4.78 is 1.54. The Kier molecular flexibility index (Phi) is 5.09. The molecular formula is C18H13N5O6. The number of nitrogens with one attached hydrogen (secondary N) is 1. The Morgan fingerprint density at radius 3 is 2.59 bits per heavy atom. The minimum atomic E-state index is -1.51. The second kappa shape index (κ2) is 7.65. The molecule has 0 spiro atoms. The number of nitro groups is 1. The van der Waals surface area contributed by atoms with Crippen molar-refractivity contribution in [3.8, 4) is 6.07 Å². The molecule has 11 nitrogen and oxygen atoms in total. The summed E-state index contributed by atoms with van der Waals surface area (Å²) in [7, 11) is 0. The number of aliphatic carboxylic acids is 2. The molecule has 0 amide bonds. The third-order valence-electron chi connectivity index (χ3n) is 4.33. The van der Waals surface area contributed by atoms with Gasteiger partial charge in [0.2, 0.25) is 0 Å². The molecular weight excluding hydrogens is 382 g/mol. The van der Waals surface area contributed by atoms with Crippen LogP contribution in [0.4, 0.5) is 5.69 Å². The summed E-state index contributed by atoms with van der Waals surface area (Å²) >= 11 is 0. The summed E-state index contributed by atoms with van der Waals surface area (Å²) in [6, 6.07) is 6.77. The molecule has 0 saturated carbocycles. The van der Waals surface area contributed by atoms with Crippen molar-refractivity contribution < 1.29 is 24.7 Å². The van der Waals surface area contributed by atoms with E-state index in [-0.39, 0.29) is 34.8 Å². The summed E-state index contributed by atoms with van der Waals surface area (Å²) in [5.41, 5.74) is -1.34. The molecule has 11 heteroatoms. The number of hydrogen-bond donors (Lipinski definition) is 3. The van der Waals surface area contributed by atoms with Crippen molar-refractivity contribution >= 4 is 17.6 Å². The summed E-state index contributed by atoms with van der Waals surface area (Å²) in [6.07, 6.45) is 4.48. The molecule has 2 aromatic rings. The number of rotatable bonds is 6. The molecule has 1 aromatic heterocycles. The van der Waals surface area contributed by atoms with Gasteiger partial charge in [-0.2, -0.15) is 5.26 Å². The smallest absolute Gasteiger partial charge is 0.335 e. The van der Waals surface area contributed by atoms with Gasteiger partial charge in [-0.1, -0.05) is 12.1 Å². The first-order valence-corrected chi connectivity index (χ1v) is 8.14. The Morgan fingerprint density at radius 2 is 2.03 bits per heavy atom. The van der Waals surface area contributed by atoms with Gasteiger partial charge in [-0.05, 0) is 5.56 Å². The quantitative estimate of drug-likeness (QED) is 0.482. The van der Waals surface area contributed by atoms with Crippen LogP contribution in [0.15, 0.2) is 65.5 Å². The molecule has 2 heterocycles. The van der Waals surface area contributed by atoms with E-state index in [1.54, 1.807) is 12.3 Å². The predicted molar refractivity (Wildman–Crippen MR) is 96.1 cm³/mol. The maximum absolute atomic E-state index is 12.1. The van der Waals surface area contributed by atoms with Gasteiger partial charge in [0.25, 0.3) is 5.69 Å². The van der Waals surface area contributed by atoms with Crippen molar-refractivity contribution in [2.75, 3.05) is 0 Å². The van der Waals surface area contributed by atoms with E-state index in [2.05, 4.69) is 10.3 Å². The fourth-order valence-corrected chi connectivity index (χ4v) is 3.16. The fraction of sp³-hybridized carbons (Fsp3) is 0.111. The third-order valence-corrected chi connectivity index (χ3v) is 4.33. The zero-order chi connectivity index (χ0) is 21.1. The van der Waals surface area contributed by atoms with Crippen LogP contribution >= 0.6 is 0 Å². The highest BCUT2D eigenvalue weighted by molar-refractivity contribution is 5.99. The highest BCUT2D eigenvalue weighted by Crippen LogP contribution is 2.39. The molecule has 146 valence electrons. The number of nitrogens with zero attached hydrogens (tertiary/aromatic N) is 4. The van der Waals surface area contributed by atoms with Gasteiger partial charge in [0, 0.05) is 30.2 Å². The van der Waals surface area contributed by atoms with Crippen LogP contribution in [0.1, 0.15) is 11.5 Å². The lowest BCUT2D eigenvalue weighted by molar-refractivity contribution is -0.384. The number of carbonyl (C=O) groups is 2. The van der Waals surface area contributed by atoms with E-state index in [1.807, 2.05) is 0 Å². The van der Waals surface area contributed by atoms with Crippen LogP contribution in [0.5, 0.6) is 0 Å². The second-order valence-electron chi connectivity index (χ2n) is 6.05. The van der Waals surface area contributed by atoms with Crippen LogP contribution in [0.3, 0.4) is 0 Å². The lowest BCUT2D eigenvalue weighted by Crippen LogP contribution is -2.34. The predicted octanol–water partition coefficient (Wildman–Crippen LogP) is 1.38. The monoisotopic (exact) mass is 395 g/mol. The van der Waals surface area contributed by atoms with Gasteiger partial charge >= 0.3 is 11.9 Å². The number of nitro benzene ring substituents is 1. The van der Waals surface area contributed by atoms with Crippen LogP contribution in [-0.2, 0) is 16.1 Å². The summed E-state index contributed by atoms with van der Waals surface area (Å²) in [5.74, 6) is -4.31. The van der Waals surface area contributed by atoms with E-state index in [0.29, 0.717) is 0 Å². The van der Waals surface area contributed by atoms with E-state index in [9.17, 15) is 35.2 Å². The van der Waals surface area contributed by atoms with Crippen molar-refractivity contribution in [3.63, 3.8) is 0 Å². The van der Waals surface area contributed by atoms with Gasteiger partial charge in [0.05, 0.1) is 34.9 Å². The van der Waals surface area contributed by atoms with Crippen LogP contribution in [-0.4, -0.2) is 36.6 Å². The van der Waals surface area contributed by atoms with Gasteiger partial charge in [-0.3, -0.25) is 10.1 Å². The first-order valence-electron chi connectivity index (χ1n) is 8.14. The van der Waals surface area contributed by atoms with Crippen molar-refractivity contribution in [1.29, 1.82) is 5.26 Å². The number of nitriles is 1. The Labute approximate surface area is 163 Å². The second-order valence-corrected chi connectivity index (χ2v) is 6.05. The average Bonchev–Trinajstić information content (AvgIpc) is 3.19. The number of imidazole rings is 1. The normalized spacial score (nSPS) is 16.2. The summed E-state index contributed by atoms with van der Waals surface area (Å²) in [6.45, 7) is -0.0227. The van der Waals surface area contributed by atoms with E-state index >= 15 is 0 Å². The average molecular weight is 395 g/mol. The molecule has 1 aliphatic rings. The van der Waals surface area contributed by atoms with Crippen molar-refractivity contribution in [1.82, 2.24) is 14.9 Å². The Balaban J connectivity index is 2.26. The SMILES string of the molecule is N#CC1=C(C(=O)O)C(c2cccc([N+](=O)[O-])c2)C(C(=O)O)=C(Cn2ccnc2)N1. The molecule has 3 N–H and O–H groups in total. The van der Waals surface area contributed by atoms with E-state index in [1.165, 1.54) is 35.3 Å². The number of benzene rings is 1. The molecule has 29 heavy (non-hydrogen) atoms. The summed E-state index contributed by atoms with van der Waals surface area (Å²) in [4.78, 5) is 38.3. The van der Waals surface area contributed by atoms with E-state index in [0.717, 1.165) is 6.07 Å². The highest BCUT2D eigenvalue weighted by Gasteiger charge is 2.39. The van der Waals surface area contributed by atoms with Crippen LogP contribution in [0.25, 0.3) is 0 Å². The third kappa shape index (κ3) is 3.67. The number of hydrogen-bond acceptors (Lipinski definition) is 7. The minimum Gasteiger partial charge on any atom is -0.478 e. The van der Waals surface area contributed by atoms with Crippen LogP contribution in [0.2, 0.25) is 0 Å². The van der Waals surface area contributed by atoms with Gasteiger partial charge in [-0.15, -0.1) is 0 Å². The Hall–Kier alpha value is -4.46. The van der Waals surface area contributed by atoms with Gasteiger partial charge in [0.15, 0.2) is 0 Å². The first-order chi connectivity index (χ1) is 13.8. The largest absolute Gasteiger partial charge is 0.478 e. The first kappa shape index (κ1) is 19.3. The number of carboxylic acids is 2. The van der Waals surface area contributed by atoms with Crippen LogP contribution < -0.4 is 5.32 Å². The molecule has 1 aromatic carbocycles. The van der Waals surface area contributed by atoms with Gasteiger partial charge < -0.3 is 20.1 Å². The highest BCUT2D eigenvalue weighted by atomic mass is 16.6. The number of allylic oxidation sites excluding steroid dienone is 2. The number of aromatic nitrogens is 2. The number of carboxylic acid groups (broad SMARTS) is 2. The maximum Gasteiger partial charge on any atom is 0.335 e. The molecule has 3 rings (SSSR count). The number of non-ortho nitro benzene ring substituents is 1. The molecule has 0 radical (unpaired) electrons. The fourth-order valence-electron chi connectivity index (χ4n) is 3.16. The van der Waals surface area contributed by atoms with Crippen molar-refractivity contribution in [2.45, 2.75) is 12.5 Å². The van der Waals surface area contributed by atoms with Crippen LogP contribution in [0, 0.1) is 21.4 Å². The molecule has 1 aliphatic heterocycles. The molecule has 0 aliphatic carbocycles. The lowest BCUT2D eigenvalue weighted by atomic mass is 9.80. The lowest BCUT2D eigenvalue weighted by Gasteiger charge is -2.29. The zero-order valence-electron chi connectivity index (χ0n) is 14.6.